The van der Waals surface area contributed by atoms with Crippen LogP contribution in [-0.4, -0.2) is 20.9 Å². The smallest absolute Gasteiger partial charge is 0.335 e. The highest BCUT2D eigenvalue weighted by Gasteiger charge is 2.07. The van der Waals surface area contributed by atoms with E-state index in [1.54, 1.807) is 12.1 Å². The number of benzene rings is 1. The van der Waals surface area contributed by atoms with Gasteiger partial charge in [-0.3, -0.25) is 4.68 Å². The molecule has 0 saturated heterocycles. The average Bonchev–Trinajstić information content (AvgIpc) is 2.64. The molecule has 0 atom stereocenters. The van der Waals surface area contributed by atoms with Crippen LogP contribution in [0.2, 0.25) is 0 Å². The van der Waals surface area contributed by atoms with Crippen molar-refractivity contribution in [3.8, 4) is 0 Å². The summed E-state index contributed by atoms with van der Waals surface area (Å²) in [6, 6.07) is 7.01. The van der Waals surface area contributed by atoms with Gasteiger partial charge in [-0.25, -0.2) is 4.79 Å². The van der Waals surface area contributed by atoms with E-state index in [0.717, 1.165) is 24.2 Å². The summed E-state index contributed by atoms with van der Waals surface area (Å²) in [6.07, 6.45) is 0.849. The highest BCUT2D eigenvalue weighted by atomic mass is 16.4. The van der Waals surface area contributed by atoms with Crippen LogP contribution in [0.4, 0.5) is 0 Å². The van der Waals surface area contributed by atoms with Gasteiger partial charge in [0.15, 0.2) is 0 Å². The summed E-state index contributed by atoms with van der Waals surface area (Å²) in [5.74, 6) is -0.888. The molecule has 1 aromatic heterocycles. The van der Waals surface area contributed by atoms with Crippen molar-refractivity contribution in [2.75, 3.05) is 0 Å². The molecule has 2 aromatic rings. The van der Waals surface area contributed by atoms with Crippen molar-refractivity contribution in [1.29, 1.82) is 0 Å². The van der Waals surface area contributed by atoms with Crippen LogP contribution in [0.5, 0.6) is 0 Å². The van der Waals surface area contributed by atoms with Crippen LogP contribution in [0.25, 0.3) is 0 Å². The Morgan fingerprint density at radius 1 is 1.21 bits per heavy atom. The molecule has 19 heavy (non-hydrogen) atoms. The fraction of sp³-hybridized carbons (Fsp3) is 0.333. The molecule has 1 heterocycles. The molecule has 100 valence electrons. The lowest BCUT2D eigenvalue weighted by Crippen LogP contribution is -2.05. The van der Waals surface area contributed by atoms with Crippen LogP contribution >= 0.6 is 0 Å². The minimum absolute atomic E-state index is 0.325. The van der Waals surface area contributed by atoms with Crippen LogP contribution in [0, 0.1) is 20.8 Å². The van der Waals surface area contributed by atoms with Crippen molar-refractivity contribution in [2.45, 2.75) is 33.7 Å². The predicted octanol–water partition coefficient (Wildman–Crippen LogP) is 2.75. The summed E-state index contributed by atoms with van der Waals surface area (Å²) >= 11 is 0. The second kappa shape index (κ2) is 5.26. The molecular formula is C15H18N2O2. The number of aromatic carboxylic acids is 1. The maximum absolute atomic E-state index is 10.8. The summed E-state index contributed by atoms with van der Waals surface area (Å²) < 4.78 is 2.01. The molecule has 0 fully saturated rings. The van der Waals surface area contributed by atoms with Crippen LogP contribution in [0.1, 0.15) is 32.9 Å². The van der Waals surface area contributed by atoms with Crippen molar-refractivity contribution >= 4 is 5.97 Å². The number of aromatic nitrogens is 2. The molecule has 0 spiro atoms. The van der Waals surface area contributed by atoms with E-state index in [4.69, 9.17) is 5.11 Å². The molecular weight excluding hydrogens is 240 g/mol. The largest absolute Gasteiger partial charge is 0.478 e. The molecule has 0 aliphatic rings. The Labute approximate surface area is 112 Å². The highest BCUT2D eigenvalue weighted by molar-refractivity contribution is 5.87. The van der Waals surface area contributed by atoms with Gasteiger partial charge < -0.3 is 5.11 Å². The highest BCUT2D eigenvalue weighted by Crippen LogP contribution is 2.12. The molecule has 0 radical (unpaired) electrons. The van der Waals surface area contributed by atoms with E-state index in [1.165, 1.54) is 11.3 Å². The zero-order valence-corrected chi connectivity index (χ0v) is 11.5. The van der Waals surface area contributed by atoms with Crippen molar-refractivity contribution < 1.29 is 9.90 Å². The molecule has 1 aromatic carbocycles. The Morgan fingerprint density at radius 3 is 2.32 bits per heavy atom. The third kappa shape index (κ3) is 2.84. The number of carboxylic acid groups (broad SMARTS) is 1. The van der Waals surface area contributed by atoms with Gasteiger partial charge >= 0.3 is 5.97 Å². The van der Waals surface area contributed by atoms with E-state index in [1.807, 2.05) is 23.7 Å². The van der Waals surface area contributed by atoms with Gasteiger partial charge in [0, 0.05) is 12.2 Å². The van der Waals surface area contributed by atoms with Crippen LogP contribution in [0.15, 0.2) is 24.3 Å². The third-order valence-corrected chi connectivity index (χ3v) is 3.56. The fourth-order valence-corrected chi connectivity index (χ4v) is 2.05. The second-order valence-electron chi connectivity index (χ2n) is 4.77. The standard InChI is InChI=1S/C15H18N2O2/c1-10-11(2)16-17(12(10)3)9-8-13-4-6-14(7-5-13)15(18)19/h4-7H,8-9H2,1-3H3,(H,18,19). The van der Waals surface area contributed by atoms with Gasteiger partial charge in [0.05, 0.1) is 11.3 Å². The Morgan fingerprint density at radius 2 is 1.84 bits per heavy atom. The van der Waals surface area contributed by atoms with Crippen molar-refractivity contribution in [3.63, 3.8) is 0 Å². The lowest BCUT2D eigenvalue weighted by Gasteiger charge is -2.05. The summed E-state index contributed by atoms with van der Waals surface area (Å²) in [6.45, 7) is 6.98. The van der Waals surface area contributed by atoms with Gasteiger partial charge in [0.25, 0.3) is 0 Å². The van der Waals surface area contributed by atoms with Crippen LogP contribution in [-0.2, 0) is 13.0 Å². The quantitative estimate of drug-likeness (QED) is 0.917. The number of carboxylic acids is 1. The lowest BCUT2D eigenvalue weighted by atomic mass is 10.1. The summed E-state index contributed by atoms with van der Waals surface area (Å²) in [5.41, 5.74) is 4.94. The van der Waals surface area contributed by atoms with E-state index in [9.17, 15) is 4.79 Å². The van der Waals surface area contributed by atoms with Crippen LogP contribution in [0.3, 0.4) is 0 Å². The van der Waals surface area contributed by atoms with E-state index in [-0.39, 0.29) is 0 Å². The Hall–Kier alpha value is -2.10. The second-order valence-corrected chi connectivity index (χ2v) is 4.77. The maximum Gasteiger partial charge on any atom is 0.335 e. The molecule has 2 rings (SSSR count). The minimum atomic E-state index is -0.888. The number of hydrogen-bond acceptors (Lipinski definition) is 2. The Kier molecular flexibility index (Phi) is 3.69. The van der Waals surface area contributed by atoms with Gasteiger partial charge in [-0.2, -0.15) is 5.10 Å². The van der Waals surface area contributed by atoms with E-state index in [2.05, 4.69) is 18.9 Å². The average molecular weight is 258 g/mol. The minimum Gasteiger partial charge on any atom is -0.478 e. The topological polar surface area (TPSA) is 55.1 Å². The normalized spacial score (nSPS) is 10.7. The molecule has 0 amide bonds. The molecule has 0 saturated carbocycles. The van der Waals surface area contributed by atoms with E-state index in [0.29, 0.717) is 5.56 Å². The van der Waals surface area contributed by atoms with Gasteiger partial charge in [-0.15, -0.1) is 0 Å². The van der Waals surface area contributed by atoms with Gasteiger partial charge in [-0.1, -0.05) is 12.1 Å². The maximum atomic E-state index is 10.8. The fourth-order valence-electron chi connectivity index (χ4n) is 2.05. The van der Waals surface area contributed by atoms with E-state index < -0.39 is 5.97 Å². The first kappa shape index (κ1) is 13.3. The number of hydrogen-bond donors (Lipinski definition) is 1. The Balaban J connectivity index is 2.06. The van der Waals surface area contributed by atoms with Crippen molar-refractivity contribution in [2.24, 2.45) is 0 Å². The zero-order valence-electron chi connectivity index (χ0n) is 11.5. The van der Waals surface area contributed by atoms with Gasteiger partial charge in [0.2, 0.25) is 0 Å². The third-order valence-electron chi connectivity index (χ3n) is 3.56. The summed E-state index contributed by atoms with van der Waals surface area (Å²) in [7, 11) is 0. The lowest BCUT2D eigenvalue weighted by molar-refractivity contribution is 0.0697. The molecule has 0 unspecified atom stereocenters. The number of nitrogens with zero attached hydrogens (tertiary/aromatic N) is 2. The molecule has 1 N–H and O–H groups in total. The first-order valence-corrected chi connectivity index (χ1v) is 6.32. The molecule has 0 bridgehead atoms. The predicted molar refractivity (Wildman–Crippen MR) is 73.5 cm³/mol. The zero-order chi connectivity index (χ0) is 14.0. The van der Waals surface area contributed by atoms with Crippen molar-refractivity contribution in [3.05, 3.63) is 52.3 Å². The SMILES string of the molecule is Cc1nn(CCc2ccc(C(=O)O)cc2)c(C)c1C. The monoisotopic (exact) mass is 258 g/mol. The Bertz CT molecular complexity index is 597. The van der Waals surface area contributed by atoms with Gasteiger partial charge in [0.1, 0.15) is 0 Å². The first-order valence-electron chi connectivity index (χ1n) is 6.32. The van der Waals surface area contributed by atoms with Gasteiger partial charge in [-0.05, 0) is 50.5 Å². The van der Waals surface area contributed by atoms with E-state index >= 15 is 0 Å². The number of rotatable bonds is 4. The first-order chi connectivity index (χ1) is 8.99. The van der Waals surface area contributed by atoms with Crippen LogP contribution < -0.4 is 0 Å². The molecule has 0 aliphatic heterocycles. The number of aryl methyl sites for hydroxylation is 3. The summed E-state index contributed by atoms with van der Waals surface area (Å²) in [4.78, 5) is 10.8. The molecule has 4 heteroatoms. The molecule has 0 aliphatic carbocycles. The number of carbonyl (C=O) groups is 1. The van der Waals surface area contributed by atoms with Crippen molar-refractivity contribution in [1.82, 2.24) is 9.78 Å². The summed E-state index contributed by atoms with van der Waals surface area (Å²) in [5, 5.41) is 13.3. The molecule has 4 nitrogen and oxygen atoms in total.